The van der Waals surface area contributed by atoms with Gasteiger partial charge < -0.3 is 15.2 Å². The molecule has 3 nitrogen and oxygen atoms in total. The van der Waals surface area contributed by atoms with Crippen LogP contribution in [0.4, 0.5) is 0 Å². The number of ether oxygens (including phenoxy) is 2. The minimum absolute atomic E-state index is 0.105. The second-order valence-corrected chi connectivity index (χ2v) is 3.81. The van der Waals surface area contributed by atoms with E-state index in [1.165, 1.54) is 0 Å². The van der Waals surface area contributed by atoms with Crippen LogP contribution < -0.4 is 5.73 Å². The van der Waals surface area contributed by atoms with Crippen LogP contribution in [-0.2, 0) is 9.47 Å². The predicted molar refractivity (Wildman–Crippen MR) is 49.9 cm³/mol. The van der Waals surface area contributed by atoms with Gasteiger partial charge in [0.25, 0.3) is 0 Å². The van der Waals surface area contributed by atoms with Crippen molar-refractivity contribution in [1.29, 1.82) is 0 Å². The largest absolute Gasteiger partial charge is 0.356 e. The zero-order chi connectivity index (χ0) is 9.61. The van der Waals surface area contributed by atoms with E-state index >= 15 is 0 Å². The van der Waals surface area contributed by atoms with Crippen molar-refractivity contribution < 1.29 is 9.47 Å². The molecule has 0 spiro atoms. The normalized spacial score (nSPS) is 12.5. The smallest absolute Gasteiger partial charge is 0.157 e. The van der Waals surface area contributed by atoms with Gasteiger partial charge >= 0.3 is 0 Å². The number of hydrogen-bond acceptors (Lipinski definition) is 3. The van der Waals surface area contributed by atoms with Crippen LogP contribution in [0.1, 0.15) is 26.7 Å². The van der Waals surface area contributed by atoms with Crippen LogP contribution in [0.5, 0.6) is 0 Å². The molecule has 0 aromatic heterocycles. The summed E-state index contributed by atoms with van der Waals surface area (Å²) >= 11 is 0. The van der Waals surface area contributed by atoms with Crippen molar-refractivity contribution in [3.05, 3.63) is 0 Å². The highest BCUT2D eigenvalue weighted by atomic mass is 16.7. The van der Waals surface area contributed by atoms with Crippen LogP contribution >= 0.6 is 0 Å². The standard InChI is InChI=1S/C9H21NO2/c1-9(2,5-6-10)7-8(11-3)12-4/h8H,5-7,10H2,1-4H3. The molecule has 0 aromatic rings. The quantitative estimate of drug-likeness (QED) is 0.620. The predicted octanol–water partition coefficient (Wildman–Crippen LogP) is 1.37. The maximum Gasteiger partial charge on any atom is 0.157 e. The first-order valence-electron chi connectivity index (χ1n) is 4.31. The van der Waals surface area contributed by atoms with Crippen LogP contribution in [0.15, 0.2) is 0 Å². The third kappa shape index (κ3) is 4.70. The van der Waals surface area contributed by atoms with Crippen LogP contribution in [0.3, 0.4) is 0 Å². The third-order valence-electron chi connectivity index (χ3n) is 2.07. The summed E-state index contributed by atoms with van der Waals surface area (Å²) in [5, 5.41) is 0. The summed E-state index contributed by atoms with van der Waals surface area (Å²) in [6.45, 7) is 5.06. The molecule has 0 rings (SSSR count). The van der Waals surface area contributed by atoms with E-state index in [0.29, 0.717) is 6.54 Å². The molecule has 0 fully saturated rings. The molecular weight excluding hydrogens is 154 g/mol. The zero-order valence-electron chi connectivity index (χ0n) is 8.59. The fraction of sp³-hybridized carbons (Fsp3) is 1.00. The summed E-state index contributed by atoms with van der Waals surface area (Å²) < 4.78 is 10.2. The highest BCUT2D eigenvalue weighted by molar-refractivity contribution is 4.70. The fourth-order valence-corrected chi connectivity index (χ4v) is 1.21. The van der Waals surface area contributed by atoms with E-state index in [1.54, 1.807) is 14.2 Å². The molecular formula is C9H21NO2. The summed E-state index contributed by atoms with van der Waals surface area (Å²) in [5.74, 6) is 0. The number of hydrogen-bond donors (Lipinski definition) is 1. The fourth-order valence-electron chi connectivity index (χ4n) is 1.21. The van der Waals surface area contributed by atoms with Crippen molar-refractivity contribution in [2.75, 3.05) is 20.8 Å². The number of rotatable bonds is 6. The van der Waals surface area contributed by atoms with Gasteiger partial charge in [0.15, 0.2) is 6.29 Å². The van der Waals surface area contributed by atoms with Gasteiger partial charge in [0.05, 0.1) is 0 Å². The monoisotopic (exact) mass is 175 g/mol. The van der Waals surface area contributed by atoms with Crippen molar-refractivity contribution in [1.82, 2.24) is 0 Å². The van der Waals surface area contributed by atoms with E-state index in [4.69, 9.17) is 15.2 Å². The Bertz CT molecular complexity index is 111. The number of methoxy groups -OCH3 is 2. The van der Waals surface area contributed by atoms with Gasteiger partial charge in [-0.3, -0.25) is 0 Å². The molecule has 0 aromatic carbocycles. The highest BCUT2D eigenvalue weighted by Gasteiger charge is 2.22. The molecule has 0 saturated carbocycles. The summed E-state index contributed by atoms with van der Waals surface area (Å²) in [5.41, 5.74) is 5.69. The molecule has 0 aliphatic heterocycles. The van der Waals surface area contributed by atoms with Gasteiger partial charge in [-0.15, -0.1) is 0 Å². The van der Waals surface area contributed by atoms with E-state index in [9.17, 15) is 0 Å². The van der Waals surface area contributed by atoms with Crippen molar-refractivity contribution in [3.63, 3.8) is 0 Å². The van der Waals surface area contributed by atoms with Gasteiger partial charge in [-0.05, 0) is 18.4 Å². The average molecular weight is 175 g/mol. The Labute approximate surface area is 75.2 Å². The molecule has 0 atom stereocenters. The first-order chi connectivity index (χ1) is 5.55. The third-order valence-corrected chi connectivity index (χ3v) is 2.07. The van der Waals surface area contributed by atoms with Crippen LogP contribution in [-0.4, -0.2) is 27.1 Å². The van der Waals surface area contributed by atoms with E-state index in [-0.39, 0.29) is 11.7 Å². The second-order valence-electron chi connectivity index (χ2n) is 3.81. The topological polar surface area (TPSA) is 44.5 Å². The molecule has 0 aliphatic carbocycles. The second kappa shape index (κ2) is 5.51. The van der Waals surface area contributed by atoms with Crippen molar-refractivity contribution in [2.45, 2.75) is 33.0 Å². The lowest BCUT2D eigenvalue weighted by Crippen LogP contribution is -2.25. The lowest BCUT2D eigenvalue weighted by Gasteiger charge is -2.27. The van der Waals surface area contributed by atoms with Gasteiger partial charge in [0, 0.05) is 20.6 Å². The Morgan fingerprint density at radius 1 is 1.25 bits per heavy atom. The molecule has 0 saturated heterocycles. The maximum absolute atomic E-state index is 5.49. The molecule has 12 heavy (non-hydrogen) atoms. The van der Waals surface area contributed by atoms with Crippen molar-refractivity contribution in [2.24, 2.45) is 11.1 Å². The lowest BCUT2D eigenvalue weighted by atomic mass is 9.85. The van der Waals surface area contributed by atoms with E-state index in [1.807, 2.05) is 0 Å². The van der Waals surface area contributed by atoms with E-state index < -0.39 is 0 Å². The van der Waals surface area contributed by atoms with Crippen LogP contribution in [0, 0.1) is 5.41 Å². The summed E-state index contributed by atoms with van der Waals surface area (Å²) in [7, 11) is 3.32. The van der Waals surface area contributed by atoms with E-state index in [0.717, 1.165) is 12.8 Å². The van der Waals surface area contributed by atoms with Gasteiger partial charge in [0.1, 0.15) is 0 Å². The first-order valence-corrected chi connectivity index (χ1v) is 4.31. The Hall–Kier alpha value is -0.120. The summed E-state index contributed by atoms with van der Waals surface area (Å²) in [6, 6.07) is 0. The van der Waals surface area contributed by atoms with Crippen molar-refractivity contribution in [3.8, 4) is 0 Å². The first kappa shape index (κ1) is 11.9. The Kier molecular flexibility index (Phi) is 5.46. The molecule has 0 unspecified atom stereocenters. The van der Waals surface area contributed by atoms with E-state index in [2.05, 4.69) is 13.8 Å². The average Bonchev–Trinajstić information content (AvgIpc) is 2.00. The molecule has 74 valence electrons. The molecule has 0 bridgehead atoms. The molecule has 3 heteroatoms. The molecule has 0 radical (unpaired) electrons. The number of nitrogens with two attached hydrogens (primary N) is 1. The summed E-state index contributed by atoms with van der Waals surface area (Å²) in [6.07, 6.45) is 1.78. The Morgan fingerprint density at radius 3 is 2.08 bits per heavy atom. The van der Waals surface area contributed by atoms with Crippen LogP contribution in [0.25, 0.3) is 0 Å². The lowest BCUT2D eigenvalue weighted by molar-refractivity contribution is -0.122. The SMILES string of the molecule is COC(CC(C)(C)CCN)OC. The van der Waals surface area contributed by atoms with Gasteiger partial charge in [-0.2, -0.15) is 0 Å². The molecule has 0 amide bonds. The molecule has 0 aliphatic rings. The van der Waals surface area contributed by atoms with Crippen molar-refractivity contribution >= 4 is 0 Å². The van der Waals surface area contributed by atoms with Crippen LogP contribution in [0.2, 0.25) is 0 Å². The minimum atomic E-state index is -0.105. The molecule has 0 heterocycles. The maximum atomic E-state index is 5.49. The van der Waals surface area contributed by atoms with Gasteiger partial charge in [-0.1, -0.05) is 13.8 Å². The highest BCUT2D eigenvalue weighted by Crippen LogP contribution is 2.26. The zero-order valence-corrected chi connectivity index (χ0v) is 8.59. The molecule has 2 N–H and O–H groups in total. The Morgan fingerprint density at radius 2 is 1.75 bits per heavy atom. The Balaban J connectivity index is 3.84. The summed E-state index contributed by atoms with van der Waals surface area (Å²) in [4.78, 5) is 0. The minimum Gasteiger partial charge on any atom is -0.356 e. The van der Waals surface area contributed by atoms with Gasteiger partial charge in [0.2, 0.25) is 0 Å². The van der Waals surface area contributed by atoms with Gasteiger partial charge in [-0.25, -0.2) is 0 Å².